The Morgan fingerprint density at radius 3 is 2.50 bits per heavy atom. The Bertz CT molecular complexity index is 1950. The molecule has 0 N–H and O–H groups in total. The second-order valence-corrected chi connectivity index (χ2v) is 15.2. The number of nitrogens with zero attached hydrogens (tertiary/aromatic N) is 2. The summed E-state index contributed by atoms with van der Waals surface area (Å²) in [6.07, 6.45) is 0.247. The molecule has 5 atom stereocenters. The van der Waals surface area contributed by atoms with Gasteiger partial charge < -0.3 is 23.8 Å². The van der Waals surface area contributed by atoms with Crippen molar-refractivity contribution in [1.82, 2.24) is 9.80 Å². The van der Waals surface area contributed by atoms with Gasteiger partial charge in [-0.05, 0) is 85.5 Å². The summed E-state index contributed by atoms with van der Waals surface area (Å²) >= 11 is 0. The van der Waals surface area contributed by atoms with Crippen LogP contribution in [-0.4, -0.2) is 77.4 Å². The molecular formula is C42H45F3N2O7. The summed E-state index contributed by atoms with van der Waals surface area (Å²) in [5.74, 6) is -0.833. The van der Waals surface area contributed by atoms with Crippen LogP contribution in [0.4, 0.5) is 13.2 Å². The van der Waals surface area contributed by atoms with E-state index in [0.29, 0.717) is 50.1 Å². The highest BCUT2D eigenvalue weighted by atomic mass is 19.4. The van der Waals surface area contributed by atoms with E-state index >= 15 is 0 Å². The lowest BCUT2D eigenvalue weighted by Crippen LogP contribution is -2.79. The largest absolute Gasteiger partial charge is 0.573 e. The first kappa shape index (κ1) is 37.5. The Balaban J connectivity index is 1.29. The average Bonchev–Trinajstić information content (AvgIpc) is 3.45. The van der Waals surface area contributed by atoms with Crippen LogP contribution in [0.2, 0.25) is 0 Å². The van der Waals surface area contributed by atoms with Gasteiger partial charge in [-0.3, -0.25) is 19.3 Å². The number of likely N-dealkylation sites (tertiary alicyclic amines) is 1. The molecule has 12 heteroatoms. The third-order valence-corrected chi connectivity index (χ3v) is 11.4. The van der Waals surface area contributed by atoms with Crippen molar-refractivity contribution in [1.29, 1.82) is 0 Å². The van der Waals surface area contributed by atoms with E-state index in [1.165, 1.54) is 49.8 Å². The Hall–Kier alpha value is -4.84. The fraction of sp³-hybridized carbons (Fsp3) is 0.452. The van der Waals surface area contributed by atoms with Crippen LogP contribution in [-0.2, 0) is 37.4 Å². The number of halogens is 3. The standard InChI is InChI=1S/C42H45F3N2O7/c1-26(2)25-47(36(50)16-13-30-11-8-12-32(23-30)54-42(43,44)45)33-17-19-41(53-28(4)49)35-24-31-14-15-34(51-27(3)48)38-37(31)40(41,39(33)52-38)20-22-46(35)21-18-29-9-6-5-7-10-29/h5-16,23,26,33,35,39H,17-22,24-25H2,1-4H3/t33?,35-,39?,40+,41-/m1/s1. The molecule has 286 valence electrons. The maximum absolute atomic E-state index is 14.3. The summed E-state index contributed by atoms with van der Waals surface area (Å²) in [7, 11) is 0. The van der Waals surface area contributed by atoms with Gasteiger partial charge in [0.2, 0.25) is 5.91 Å². The van der Waals surface area contributed by atoms with E-state index in [9.17, 15) is 27.6 Å². The van der Waals surface area contributed by atoms with E-state index < -0.39 is 41.5 Å². The topological polar surface area (TPSA) is 94.6 Å². The van der Waals surface area contributed by atoms with Gasteiger partial charge in [-0.2, -0.15) is 0 Å². The van der Waals surface area contributed by atoms with Crippen LogP contribution < -0.4 is 14.2 Å². The molecule has 0 aromatic heterocycles. The minimum absolute atomic E-state index is 0.0541. The van der Waals surface area contributed by atoms with Crippen molar-refractivity contribution in [3.63, 3.8) is 0 Å². The molecule has 0 radical (unpaired) electrons. The van der Waals surface area contributed by atoms with E-state index in [4.69, 9.17) is 14.2 Å². The molecule has 2 heterocycles. The van der Waals surface area contributed by atoms with E-state index in [2.05, 4.69) is 21.8 Å². The maximum Gasteiger partial charge on any atom is 0.573 e. The van der Waals surface area contributed by atoms with Gasteiger partial charge in [0.05, 0.1) is 17.5 Å². The number of hydrogen-bond acceptors (Lipinski definition) is 8. The highest BCUT2D eigenvalue weighted by molar-refractivity contribution is 5.92. The quantitative estimate of drug-likeness (QED) is 0.117. The molecule has 1 amide bonds. The number of esters is 2. The number of piperidine rings is 1. The summed E-state index contributed by atoms with van der Waals surface area (Å²) in [4.78, 5) is 44.1. The zero-order valence-electron chi connectivity index (χ0n) is 30.9. The summed E-state index contributed by atoms with van der Waals surface area (Å²) in [5, 5.41) is 0. The normalized spacial score (nSPS) is 25.5. The molecule has 1 spiro atoms. The number of benzene rings is 3. The first-order chi connectivity index (χ1) is 25.7. The number of amides is 1. The summed E-state index contributed by atoms with van der Waals surface area (Å²) in [6, 6.07) is 18.8. The molecular weight excluding hydrogens is 701 g/mol. The molecule has 9 nitrogen and oxygen atoms in total. The fourth-order valence-corrected chi connectivity index (χ4v) is 9.63. The van der Waals surface area contributed by atoms with Crippen molar-refractivity contribution in [2.75, 3.05) is 19.6 Å². The lowest BCUT2D eigenvalue weighted by molar-refractivity contribution is -0.274. The second kappa shape index (κ2) is 14.4. The van der Waals surface area contributed by atoms with Crippen LogP contribution in [0.5, 0.6) is 17.2 Å². The lowest BCUT2D eigenvalue weighted by atomic mass is 9.48. The van der Waals surface area contributed by atoms with Crippen molar-refractivity contribution in [2.45, 2.75) is 95.4 Å². The third-order valence-electron chi connectivity index (χ3n) is 11.4. The van der Waals surface area contributed by atoms with Crippen LogP contribution >= 0.6 is 0 Å². The Morgan fingerprint density at radius 1 is 1.02 bits per heavy atom. The minimum Gasteiger partial charge on any atom is -0.483 e. The number of hydrogen-bond donors (Lipinski definition) is 0. The molecule has 7 rings (SSSR count). The van der Waals surface area contributed by atoms with Gasteiger partial charge in [0.1, 0.15) is 17.5 Å². The van der Waals surface area contributed by atoms with Gasteiger partial charge in [0.25, 0.3) is 0 Å². The van der Waals surface area contributed by atoms with Crippen molar-refractivity contribution >= 4 is 23.9 Å². The predicted octanol–water partition coefficient (Wildman–Crippen LogP) is 7.04. The summed E-state index contributed by atoms with van der Waals surface area (Å²) in [5.41, 5.74) is 1.63. The van der Waals surface area contributed by atoms with Crippen LogP contribution in [0.25, 0.3) is 6.08 Å². The zero-order valence-corrected chi connectivity index (χ0v) is 30.9. The van der Waals surface area contributed by atoms with Crippen molar-refractivity contribution in [3.05, 3.63) is 95.1 Å². The summed E-state index contributed by atoms with van der Waals surface area (Å²) < 4.78 is 62.2. The highest BCUT2D eigenvalue weighted by Crippen LogP contribution is 2.67. The van der Waals surface area contributed by atoms with Gasteiger partial charge >= 0.3 is 18.3 Å². The number of alkyl halides is 3. The van der Waals surface area contributed by atoms with Crippen molar-refractivity contribution in [3.8, 4) is 17.2 Å². The van der Waals surface area contributed by atoms with Gasteiger partial charge in [-0.1, -0.05) is 62.4 Å². The first-order valence-corrected chi connectivity index (χ1v) is 18.5. The first-order valence-electron chi connectivity index (χ1n) is 18.5. The Kier molecular flexibility index (Phi) is 10.0. The highest BCUT2D eigenvalue weighted by Gasteiger charge is 2.75. The van der Waals surface area contributed by atoms with E-state index in [1.54, 1.807) is 17.0 Å². The SMILES string of the molecule is CC(=O)Oc1ccc2c3c1OC1C(N(CC(C)C)C(=O)C=Cc4cccc(OC(F)(F)F)c4)CC[C@@]4(OC(C)=O)[C@@H](C2)N(CCc2ccccc2)CC[C@]314. The number of rotatable bonds is 11. The predicted molar refractivity (Wildman–Crippen MR) is 194 cm³/mol. The molecule has 4 aliphatic rings. The van der Waals surface area contributed by atoms with E-state index in [-0.39, 0.29) is 29.4 Å². The molecule has 2 bridgehead atoms. The van der Waals surface area contributed by atoms with Crippen molar-refractivity contribution < 1.29 is 46.5 Å². The molecule has 2 unspecified atom stereocenters. The third kappa shape index (κ3) is 6.85. The minimum atomic E-state index is -4.85. The molecule has 1 saturated carbocycles. The smallest absolute Gasteiger partial charge is 0.483 e. The van der Waals surface area contributed by atoms with Crippen LogP contribution in [0.1, 0.15) is 69.2 Å². The number of carbonyl (C=O) groups excluding carboxylic acids is 3. The number of ether oxygens (including phenoxy) is 4. The number of carbonyl (C=O) groups is 3. The van der Waals surface area contributed by atoms with Crippen LogP contribution in [0.15, 0.2) is 72.8 Å². The van der Waals surface area contributed by atoms with E-state index in [1.807, 2.05) is 38.1 Å². The monoisotopic (exact) mass is 746 g/mol. The molecule has 2 fully saturated rings. The van der Waals surface area contributed by atoms with Gasteiger partial charge in [-0.15, -0.1) is 13.2 Å². The molecule has 54 heavy (non-hydrogen) atoms. The van der Waals surface area contributed by atoms with Gasteiger partial charge in [-0.25, -0.2) is 0 Å². The van der Waals surface area contributed by atoms with Crippen LogP contribution in [0.3, 0.4) is 0 Å². The second-order valence-electron chi connectivity index (χ2n) is 15.2. The molecule has 3 aromatic rings. The molecule has 3 aromatic carbocycles. The van der Waals surface area contributed by atoms with Crippen molar-refractivity contribution in [2.24, 2.45) is 5.92 Å². The summed E-state index contributed by atoms with van der Waals surface area (Å²) in [6.45, 7) is 8.61. The molecule has 2 aliphatic heterocycles. The maximum atomic E-state index is 14.3. The van der Waals surface area contributed by atoms with Gasteiger partial charge in [0, 0.05) is 38.6 Å². The van der Waals surface area contributed by atoms with Crippen LogP contribution in [0, 0.1) is 5.92 Å². The fourth-order valence-electron chi connectivity index (χ4n) is 9.63. The lowest BCUT2D eigenvalue weighted by Gasteiger charge is -2.65. The van der Waals surface area contributed by atoms with Gasteiger partial charge in [0.15, 0.2) is 11.5 Å². The Morgan fingerprint density at radius 2 is 1.80 bits per heavy atom. The molecule has 2 aliphatic carbocycles. The average molecular weight is 747 g/mol. The van der Waals surface area contributed by atoms with E-state index in [0.717, 1.165) is 24.1 Å². The molecule has 1 saturated heterocycles. The zero-order chi connectivity index (χ0) is 38.4. The Labute approximate surface area is 313 Å².